The summed E-state index contributed by atoms with van der Waals surface area (Å²) in [6.45, 7) is 0.141. The third kappa shape index (κ3) is 2.21. The Morgan fingerprint density at radius 1 is 1.00 bits per heavy atom. The Balaban J connectivity index is 2.05. The molecule has 0 aliphatic carbocycles. The molecule has 0 saturated carbocycles. The normalized spacial score (nSPS) is 10.7. The molecule has 0 amide bonds. The minimum atomic E-state index is -0.304. The standard InChI is InChI=1S/C16H14FN3/c17-15-7-4-8-16(14(15)9-18)20-11-13(10-19-20)12-5-2-1-3-6-12/h1-8,10-11H,9,18H2. The number of aromatic nitrogens is 2. The summed E-state index contributed by atoms with van der Waals surface area (Å²) < 4.78 is 15.4. The Morgan fingerprint density at radius 2 is 1.80 bits per heavy atom. The van der Waals surface area contributed by atoms with Gasteiger partial charge in [0.25, 0.3) is 0 Å². The first-order valence-corrected chi connectivity index (χ1v) is 6.37. The number of hydrogen-bond acceptors (Lipinski definition) is 2. The van der Waals surface area contributed by atoms with Crippen molar-refractivity contribution in [1.29, 1.82) is 0 Å². The Morgan fingerprint density at radius 3 is 2.55 bits per heavy atom. The predicted molar refractivity (Wildman–Crippen MR) is 76.8 cm³/mol. The van der Waals surface area contributed by atoms with Crippen molar-refractivity contribution >= 4 is 0 Å². The summed E-state index contributed by atoms with van der Waals surface area (Å²) in [5.74, 6) is -0.304. The van der Waals surface area contributed by atoms with Gasteiger partial charge in [-0.05, 0) is 17.7 Å². The third-order valence-electron chi connectivity index (χ3n) is 3.23. The number of rotatable bonds is 3. The second-order valence-electron chi connectivity index (χ2n) is 4.48. The fraction of sp³-hybridized carbons (Fsp3) is 0.0625. The van der Waals surface area contributed by atoms with E-state index in [9.17, 15) is 4.39 Å². The van der Waals surface area contributed by atoms with E-state index < -0.39 is 0 Å². The zero-order valence-electron chi connectivity index (χ0n) is 10.8. The summed E-state index contributed by atoms with van der Waals surface area (Å²) in [5.41, 5.74) is 8.83. The molecule has 1 aromatic heterocycles. The molecule has 3 nitrogen and oxygen atoms in total. The molecule has 100 valence electrons. The first kappa shape index (κ1) is 12.6. The van der Waals surface area contributed by atoms with Gasteiger partial charge in [0.1, 0.15) is 5.82 Å². The van der Waals surface area contributed by atoms with Gasteiger partial charge in [-0.1, -0.05) is 36.4 Å². The average Bonchev–Trinajstić information content (AvgIpc) is 2.97. The van der Waals surface area contributed by atoms with Crippen molar-refractivity contribution in [2.24, 2.45) is 5.73 Å². The van der Waals surface area contributed by atoms with Gasteiger partial charge in [0.2, 0.25) is 0 Å². The van der Waals surface area contributed by atoms with Crippen LogP contribution in [0.1, 0.15) is 5.56 Å². The molecule has 2 aromatic carbocycles. The van der Waals surface area contributed by atoms with E-state index >= 15 is 0 Å². The van der Waals surface area contributed by atoms with Crippen LogP contribution in [0.2, 0.25) is 0 Å². The molecule has 0 aliphatic rings. The topological polar surface area (TPSA) is 43.8 Å². The third-order valence-corrected chi connectivity index (χ3v) is 3.23. The van der Waals surface area contributed by atoms with Crippen molar-refractivity contribution in [3.63, 3.8) is 0 Å². The van der Waals surface area contributed by atoms with Crippen LogP contribution in [0.4, 0.5) is 4.39 Å². The summed E-state index contributed by atoms with van der Waals surface area (Å²) in [6.07, 6.45) is 3.64. The summed E-state index contributed by atoms with van der Waals surface area (Å²) in [4.78, 5) is 0. The molecule has 0 spiro atoms. The van der Waals surface area contributed by atoms with E-state index in [1.54, 1.807) is 16.9 Å². The summed E-state index contributed by atoms with van der Waals surface area (Å²) in [5, 5.41) is 4.31. The number of benzene rings is 2. The highest BCUT2D eigenvalue weighted by molar-refractivity contribution is 5.62. The van der Waals surface area contributed by atoms with E-state index in [1.807, 2.05) is 42.6 Å². The lowest BCUT2D eigenvalue weighted by Gasteiger charge is -2.08. The van der Waals surface area contributed by atoms with Gasteiger partial charge in [-0.25, -0.2) is 9.07 Å². The number of halogens is 1. The van der Waals surface area contributed by atoms with Crippen molar-refractivity contribution < 1.29 is 4.39 Å². The molecular formula is C16H14FN3. The minimum Gasteiger partial charge on any atom is -0.326 e. The van der Waals surface area contributed by atoms with Gasteiger partial charge < -0.3 is 5.73 Å². The van der Waals surface area contributed by atoms with E-state index in [4.69, 9.17) is 5.73 Å². The second-order valence-corrected chi connectivity index (χ2v) is 4.48. The summed E-state index contributed by atoms with van der Waals surface area (Å²) >= 11 is 0. The van der Waals surface area contributed by atoms with Crippen LogP contribution in [-0.2, 0) is 6.54 Å². The van der Waals surface area contributed by atoms with Gasteiger partial charge in [0, 0.05) is 23.9 Å². The maximum absolute atomic E-state index is 13.7. The fourth-order valence-corrected chi connectivity index (χ4v) is 2.20. The van der Waals surface area contributed by atoms with Crippen LogP contribution in [0.15, 0.2) is 60.9 Å². The van der Waals surface area contributed by atoms with E-state index in [1.165, 1.54) is 6.07 Å². The van der Waals surface area contributed by atoms with E-state index in [0.29, 0.717) is 11.3 Å². The molecule has 4 heteroatoms. The van der Waals surface area contributed by atoms with Crippen LogP contribution < -0.4 is 5.73 Å². The van der Waals surface area contributed by atoms with E-state index in [0.717, 1.165) is 11.1 Å². The Labute approximate surface area is 116 Å². The zero-order valence-corrected chi connectivity index (χ0v) is 10.8. The van der Waals surface area contributed by atoms with Gasteiger partial charge in [0.15, 0.2) is 0 Å². The van der Waals surface area contributed by atoms with Crippen LogP contribution in [0, 0.1) is 5.82 Å². The zero-order chi connectivity index (χ0) is 13.9. The van der Waals surface area contributed by atoms with E-state index in [2.05, 4.69) is 5.10 Å². The fourth-order valence-electron chi connectivity index (χ4n) is 2.20. The number of nitrogens with zero attached hydrogens (tertiary/aromatic N) is 2. The van der Waals surface area contributed by atoms with E-state index in [-0.39, 0.29) is 12.4 Å². The molecule has 0 atom stereocenters. The molecule has 0 unspecified atom stereocenters. The largest absolute Gasteiger partial charge is 0.326 e. The van der Waals surface area contributed by atoms with Gasteiger partial charge in [-0.3, -0.25) is 0 Å². The Bertz CT molecular complexity index is 720. The molecule has 3 rings (SSSR count). The van der Waals surface area contributed by atoms with Crippen LogP contribution in [0.25, 0.3) is 16.8 Å². The van der Waals surface area contributed by atoms with Gasteiger partial charge >= 0.3 is 0 Å². The van der Waals surface area contributed by atoms with Gasteiger partial charge in [-0.15, -0.1) is 0 Å². The highest BCUT2D eigenvalue weighted by atomic mass is 19.1. The first-order chi connectivity index (χ1) is 9.79. The SMILES string of the molecule is NCc1c(F)cccc1-n1cc(-c2ccccc2)cn1. The highest BCUT2D eigenvalue weighted by Gasteiger charge is 2.10. The second kappa shape index (κ2) is 5.27. The molecule has 0 fully saturated rings. The number of nitrogens with two attached hydrogens (primary N) is 1. The van der Waals surface area contributed by atoms with Crippen LogP contribution in [0.3, 0.4) is 0 Å². The average molecular weight is 267 g/mol. The summed E-state index contributed by atoms with van der Waals surface area (Å²) in [7, 11) is 0. The van der Waals surface area contributed by atoms with Crippen molar-refractivity contribution in [1.82, 2.24) is 9.78 Å². The first-order valence-electron chi connectivity index (χ1n) is 6.37. The Hall–Kier alpha value is -2.46. The molecule has 2 N–H and O–H groups in total. The predicted octanol–water partition coefficient (Wildman–Crippen LogP) is 3.14. The molecular weight excluding hydrogens is 253 g/mol. The minimum absolute atomic E-state index is 0.141. The molecule has 3 aromatic rings. The van der Waals surface area contributed by atoms with Crippen molar-refractivity contribution in [2.45, 2.75) is 6.54 Å². The molecule has 0 aliphatic heterocycles. The van der Waals surface area contributed by atoms with Gasteiger partial charge in [-0.2, -0.15) is 5.10 Å². The number of hydrogen-bond donors (Lipinski definition) is 1. The quantitative estimate of drug-likeness (QED) is 0.792. The van der Waals surface area contributed by atoms with Crippen LogP contribution >= 0.6 is 0 Å². The maximum Gasteiger partial charge on any atom is 0.129 e. The maximum atomic E-state index is 13.7. The van der Waals surface area contributed by atoms with Crippen LogP contribution in [-0.4, -0.2) is 9.78 Å². The lowest BCUT2D eigenvalue weighted by atomic mass is 10.1. The highest BCUT2D eigenvalue weighted by Crippen LogP contribution is 2.22. The molecule has 0 bridgehead atoms. The van der Waals surface area contributed by atoms with Gasteiger partial charge in [0.05, 0.1) is 11.9 Å². The lowest BCUT2D eigenvalue weighted by Crippen LogP contribution is -2.07. The smallest absolute Gasteiger partial charge is 0.129 e. The molecule has 20 heavy (non-hydrogen) atoms. The Kier molecular flexibility index (Phi) is 3.31. The molecule has 0 saturated heterocycles. The molecule has 0 radical (unpaired) electrons. The van der Waals surface area contributed by atoms with Crippen molar-refractivity contribution in [2.75, 3.05) is 0 Å². The van der Waals surface area contributed by atoms with Crippen LogP contribution in [0.5, 0.6) is 0 Å². The van der Waals surface area contributed by atoms with Crippen molar-refractivity contribution in [3.8, 4) is 16.8 Å². The summed E-state index contributed by atoms with van der Waals surface area (Å²) in [6, 6.07) is 14.8. The lowest BCUT2D eigenvalue weighted by molar-refractivity contribution is 0.607. The van der Waals surface area contributed by atoms with Crippen molar-refractivity contribution in [3.05, 3.63) is 72.3 Å². The monoisotopic (exact) mass is 267 g/mol. The molecule has 1 heterocycles.